The van der Waals surface area contributed by atoms with E-state index in [9.17, 15) is 13.2 Å². The maximum absolute atomic E-state index is 12.8. The van der Waals surface area contributed by atoms with Crippen LogP contribution in [-0.2, 0) is 6.18 Å². The highest BCUT2D eigenvalue weighted by atomic mass is 79.9. The van der Waals surface area contributed by atoms with Gasteiger partial charge in [-0.15, -0.1) is 0 Å². The molecule has 0 fully saturated rings. The minimum atomic E-state index is -4.44. The van der Waals surface area contributed by atoms with Gasteiger partial charge in [0.25, 0.3) is 0 Å². The van der Waals surface area contributed by atoms with Crippen molar-refractivity contribution in [1.29, 1.82) is 0 Å². The highest BCUT2D eigenvalue weighted by Gasteiger charge is 2.33. The van der Waals surface area contributed by atoms with Crippen molar-refractivity contribution in [1.82, 2.24) is 0 Å². The Balaban J connectivity index is 2.58. The zero-order valence-corrected chi connectivity index (χ0v) is 10.7. The largest absolute Gasteiger partial charge is 0.418 e. The molecule has 0 saturated carbocycles. The Morgan fingerprint density at radius 3 is 2.28 bits per heavy atom. The Bertz CT molecular complexity index is 579. The van der Waals surface area contributed by atoms with Crippen molar-refractivity contribution < 1.29 is 13.2 Å². The predicted octanol–water partition coefficient (Wildman–Crippen LogP) is 4.72. The van der Waals surface area contributed by atoms with Gasteiger partial charge in [-0.05, 0) is 29.3 Å². The molecule has 0 amide bonds. The zero-order valence-electron chi connectivity index (χ0n) is 9.13. The Kier molecular flexibility index (Phi) is 3.34. The molecule has 94 valence electrons. The van der Waals surface area contributed by atoms with Gasteiger partial charge in [-0.3, -0.25) is 0 Å². The average Bonchev–Trinajstić information content (AvgIpc) is 2.29. The van der Waals surface area contributed by atoms with Crippen LogP contribution in [0, 0.1) is 0 Å². The molecule has 0 aliphatic heterocycles. The molecule has 0 radical (unpaired) electrons. The topological polar surface area (TPSA) is 26.0 Å². The summed E-state index contributed by atoms with van der Waals surface area (Å²) < 4.78 is 39.0. The van der Waals surface area contributed by atoms with Crippen LogP contribution < -0.4 is 5.73 Å². The molecule has 0 saturated heterocycles. The number of hydrogen-bond donors (Lipinski definition) is 1. The lowest BCUT2D eigenvalue weighted by Crippen LogP contribution is -2.08. The molecule has 0 spiro atoms. The Morgan fingerprint density at radius 2 is 1.67 bits per heavy atom. The van der Waals surface area contributed by atoms with Gasteiger partial charge in [0.2, 0.25) is 0 Å². The average molecular weight is 316 g/mol. The third kappa shape index (κ3) is 2.51. The highest BCUT2D eigenvalue weighted by molar-refractivity contribution is 9.10. The summed E-state index contributed by atoms with van der Waals surface area (Å²) in [5.74, 6) is 0. The molecular formula is C13H9BrF3N. The third-order valence-electron chi connectivity index (χ3n) is 2.54. The van der Waals surface area contributed by atoms with Gasteiger partial charge < -0.3 is 5.73 Å². The van der Waals surface area contributed by atoms with Crippen LogP contribution in [0.2, 0.25) is 0 Å². The number of benzene rings is 2. The highest BCUT2D eigenvalue weighted by Crippen LogP contribution is 2.37. The van der Waals surface area contributed by atoms with Gasteiger partial charge in [-0.2, -0.15) is 13.2 Å². The molecule has 18 heavy (non-hydrogen) atoms. The van der Waals surface area contributed by atoms with E-state index in [-0.39, 0.29) is 5.69 Å². The molecule has 1 nitrogen and oxygen atoms in total. The smallest absolute Gasteiger partial charge is 0.398 e. The predicted molar refractivity (Wildman–Crippen MR) is 69.0 cm³/mol. The van der Waals surface area contributed by atoms with Crippen molar-refractivity contribution in [2.75, 3.05) is 5.73 Å². The monoisotopic (exact) mass is 315 g/mol. The SMILES string of the molecule is Nc1ccc(-c2ccccc2Br)cc1C(F)(F)F. The van der Waals surface area contributed by atoms with Crippen LogP contribution in [0.15, 0.2) is 46.9 Å². The van der Waals surface area contributed by atoms with E-state index in [2.05, 4.69) is 15.9 Å². The number of nitrogens with two attached hydrogens (primary N) is 1. The first-order chi connectivity index (χ1) is 8.39. The van der Waals surface area contributed by atoms with Crippen LogP contribution in [0.3, 0.4) is 0 Å². The van der Waals surface area contributed by atoms with Crippen molar-refractivity contribution in [3.05, 3.63) is 52.5 Å². The Labute approximate surface area is 111 Å². The van der Waals surface area contributed by atoms with Crippen LogP contribution >= 0.6 is 15.9 Å². The summed E-state index contributed by atoms with van der Waals surface area (Å²) >= 11 is 3.31. The van der Waals surface area contributed by atoms with Gasteiger partial charge in [0.1, 0.15) is 0 Å². The standard InChI is InChI=1S/C13H9BrF3N/c14-11-4-2-1-3-9(11)8-5-6-12(18)10(7-8)13(15,16)17/h1-7H,18H2. The van der Waals surface area contributed by atoms with E-state index >= 15 is 0 Å². The van der Waals surface area contributed by atoms with E-state index in [1.54, 1.807) is 30.3 Å². The third-order valence-corrected chi connectivity index (χ3v) is 3.24. The lowest BCUT2D eigenvalue weighted by molar-refractivity contribution is -0.136. The second-order valence-corrected chi connectivity index (χ2v) is 4.63. The quantitative estimate of drug-likeness (QED) is 0.757. The summed E-state index contributed by atoms with van der Waals surface area (Å²) in [5.41, 5.74) is 5.46. The number of alkyl halides is 3. The van der Waals surface area contributed by atoms with Crippen LogP contribution in [0.1, 0.15) is 5.56 Å². The molecule has 0 aliphatic carbocycles. The van der Waals surface area contributed by atoms with Crippen LogP contribution in [0.4, 0.5) is 18.9 Å². The molecule has 0 bridgehead atoms. The Morgan fingerprint density at radius 1 is 1.00 bits per heavy atom. The second kappa shape index (κ2) is 4.65. The van der Waals surface area contributed by atoms with Gasteiger partial charge in [0, 0.05) is 10.2 Å². The first-order valence-electron chi connectivity index (χ1n) is 5.11. The van der Waals surface area contributed by atoms with Crippen molar-refractivity contribution in [2.24, 2.45) is 0 Å². The fraction of sp³-hybridized carbons (Fsp3) is 0.0769. The van der Waals surface area contributed by atoms with Crippen LogP contribution in [0.25, 0.3) is 11.1 Å². The van der Waals surface area contributed by atoms with E-state index in [1.165, 1.54) is 6.07 Å². The number of anilines is 1. The van der Waals surface area contributed by atoms with E-state index in [0.717, 1.165) is 10.5 Å². The van der Waals surface area contributed by atoms with Gasteiger partial charge in [-0.1, -0.05) is 40.2 Å². The van der Waals surface area contributed by atoms with Crippen LogP contribution in [-0.4, -0.2) is 0 Å². The fourth-order valence-electron chi connectivity index (χ4n) is 1.66. The van der Waals surface area contributed by atoms with Crippen molar-refractivity contribution in [3.8, 4) is 11.1 Å². The van der Waals surface area contributed by atoms with Crippen LogP contribution in [0.5, 0.6) is 0 Å². The lowest BCUT2D eigenvalue weighted by atomic mass is 10.0. The maximum Gasteiger partial charge on any atom is 0.418 e. The molecule has 0 atom stereocenters. The van der Waals surface area contributed by atoms with Gasteiger partial charge in [-0.25, -0.2) is 0 Å². The molecule has 2 aromatic carbocycles. The second-order valence-electron chi connectivity index (χ2n) is 3.78. The first-order valence-corrected chi connectivity index (χ1v) is 5.90. The minimum absolute atomic E-state index is 0.265. The molecule has 0 heterocycles. The molecule has 0 unspecified atom stereocenters. The summed E-state index contributed by atoms with van der Waals surface area (Å²) in [6.45, 7) is 0. The van der Waals surface area contributed by atoms with Crippen molar-refractivity contribution >= 4 is 21.6 Å². The first kappa shape index (κ1) is 13.0. The lowest BCUT2D eigenvalue weighted by Gasteiger charge is -2.12. The summed E-state index contributed by atoms with van der Waals surface area (Å²) in [6, 6.07) is 11.0. The van der Waals surface area contributed by atoms with Gasteiger partial charge in [0.05, 0.1) is 5.56 Å². The van der Waals surface area contributed by atoms with Gasteiger partial charge >= 0.3 is 6.18 Å². The Hall–Kier alpha value is -1.49. The number of rotatable bonds is 1. The molecule has 2 rings (SSSR count). The fourth-order valence-corrected chi connectivity index (χ4v) is 2.18. The molecule has 0 aromatic heterocycles. The number of nitrogen functional groups attached to an aromatic ring is 1. The number of halogens is 4. The van der Waals surface area contributed by atoms with Crippen molar-refractivity contribution in [2.45, 2.75) is 6.18 Å². The summed E-state index contributed by atoms with van der Waals surface area (Å²) in [4.78, 5) is 0. The molecule has 2 N–H and O–H groups in total. The van der Waals surface area contributed by atoms with E-state index < -0.39 is 11.7 Å². The zero-order chi connectivity index (χ0) is 13.3. The number of hydrogen-bond acceptors (Lipinski definition) is 1. The van der Waals surface area contributed by atoms with E-state index in [4.69, 9.17) is 5.73 Å². The summed E-state index contributed by atoms with van der Waals surface area (Å²) in [7, 11) is 0. The van der Waals surface area contributed by atoms with Gasteiger partial charge in [0.15, 0.2) is 0 Å². The molecule has 0 aliphatic rings. The minimum Gasteiger partial charge on any atom is -0.398 e. The molecule has 2 aromatic rings. The van der Waals surface area contributed by atoms with Crippen molar-refractivity contribution in [3.63, 3.8) is 0 Å². The molecule has 5 heteroatoms. The normalized spacial score (nSPS) is 11.6. The van der Waals surface area contributed by atoms with E-state index in [1.807, 2.05) is 0 Å². The summed E-state index contributed by atoms with van der Waals surface area (Å²) in [6.07, 6.45) is -4.44. The summed E-state index contributed by atoms with van der Waals surface area (Å²) in [5, 5.41) is 0. The van der Waals surface area contributed by atoms with E-state index in [0.29, 0.717) is 11.1 Å². The maximum atomic E-state index is 12.8. The molecular weight excluding hydrogens is 307 g/mol.